The molecule has 3 heterocycles. The second-order valence-corrected chi connectivity index (χ2v) is 7.83. The smallest absolute Gasteiger partial charge is 0.253 e. The van der Waals surface area contributed by atoms with Gasteiger partial charge in [0.1, 0.15) is 18.1 Å². The standard InChI is InChI=1S/C25H26N4O3/c1-16-12-23(19(4)29(16)24-13-17(2)32-28-24)25(30)27-18(3)21-7-9-22(10-8-21)31-15-20-6-5-11-26-14-20/h5-14,18H,15H2,1-4H3,(H,27,30). The summed E-state index contributed by atoms with van der Waals surface area (Å²) < 4.78 is 12.9. The van der Waals surface area contributed by atoms with Crippen molar-refractivity contribution in [3.63, 3.8) is 0 Å². The molecule has 0 saturated carbocycles. The normalized spacial score (nSPS) is 11.9. The zero-order valence-electron chi connectivity index (χ0n) is 18.6. The lowest BCUT2D eigenvalue weighted by Crippen LogP contribution is -2.27. The number of carbonyl (C=O) groups excluding carboxylic acids is 1. The van der Waals surface area contributed by atoms with Gasteiger partial charge in [0.2, 0.25) is 0 Å². The first-order valence-corrected chi connectivity index (χ1v) is 10.5. The second kappa shape index (κ2) is 9.09. The lowest BCUT2D eigenvalue weighted by atomic mass is 10.1. The van der Waals surface area contributed by atoms with Crippen LogP contribution in [0.4, 0.5) is 0 Å². The SMILES string of the molecule is Cc1cc(-n2c(C)cc(C(=O)NC(C)c3ccc(OCc4cccnc4)cc3)c2C)no1. The van der Waals surface area contributed by atoms with Crippen molar-refractivity contribution in [2.45, 2.75) is 40.3 Å². The highest BCUT2D eigenvalue weighted by Gasteiger charge is 2.20. The van der Waals surface area contributed by atoms with Gasteiger partial charge in [-0.05, 0) is 57.5 Å². The van der Waals surface area contributed by atoms with Crippen molar-refractivity contribution in [2.24, 2.45) is 0 Å². The van der Waals surface area contributed by atoms with Crippen molar-refractivity contribution in [2.75, 3.05) is 0 Å². The Bertz CT molecular complexity index is 1210. The maximum atomic E-state index is 13.0. The Balaban J connectivity index is 1.41. The minimum absolute atomic E-state index is 0.131. The molecule has 3 aromatic heterocycles. The summed E-state index contributed by atoms with van der Waals surface area (Å²) in [7, 11) is 0. The second-order valence-electron chi connectivity index (χ2n) is 7.83. The minimum Gasteiger partial charge on any atom is -0.489 e. The van der Waals surface area contributed by atoms with Crippen molar-refractivity contribution < 1.29 is 14.1 Å². The fourth-order valence-corrected chi connectivity index (χ4v) is 3.66. The van der Waals surface area contributed by atoms with E-state index in [2.05, 4.69) is 15.5 Å². The first kappa shape index (κ1) is 21.4. The van der Waals surface area contributed by atoms with Gasteiger partial charge >= 0.3 is 0 Å². The first-order valence-electron chi connectivity index (χ1n) is 10.5. The molecular weight excluding hydrogens is 404 g/mol. The largest absolute Gasteiger partial charge is 0.489 e. The van der Waals surface area contributed by atoms with Crippen LogP contribution in [0.3, 0.4) is 0 Å². The molecule has 7 heteroatoms. The van der Waals surface area contributed by atoms with Crippen LogP contribution in [0.1, 0.15) is 51.6 Å². The molecule has 0 radical (unpaired) electrons. The van der Waals surface area contributed by atoms with Gasteiger partial charge in [0.05, 0.1) is 11.6 Å². The van der Waals surface area contributed by atoms with Gasteiger partial charge < -0.3 is 14.6 Å². The third kappa shape index (κ3) is 4.56. The number of amides is 1. The van der Waals surface area contributed by atoms with Gasteiger partial charge in [-0.25, -0.2) is 0 Å². The van der Waals surface area contributed by atoms with Crippen LogP contribution >= 0.6 is 0 Å². The van der Waals surface area contributed by atoms with E-state index in [9.17, 15) is 4.79 Å². The summed E-state index contributed by atoms with van der Waals surface area (Å²) in [5.74, 6) is 2.03. The van der Waals surface area contributed by atoms with E-state index in [-0.39, 0.29) is 11.9 Å². The molecule has 0 saturated heterocycles. The van der Waals surface area contributed by atoms with Crippen LogP contribution in [0.25, 0.3) is 5.82 Å². The highest BCUT2D eigenvalue weighted by Crippen LogP contribution is 2.23. The van der Waals surface area contributed by atoms with Crippen LogP contribution in [0.15, 0.2) is 65.4 Å². The molecule has 4 rings (SSSR count). The summed E-state index contributed by atoms with van der Waals surface area (Å²) in [4.78, 5) is 17.1. The van der Waals surface area contributed by atoms with Crippen LogP contribution in [0, 0.1) is 20.8 Å². The number of nitrogens with zero attached hydrogens (tertiary/aromatic N) is 3. The molecule has 1 amide bonds. The van der Waals surface area contributed by atoms with Gasteiger partial charge in [-0.2, -0.15) is 0 Å². The molecule has 1 unspecified atom stereocenters. The summed E-state index contributed by atoms with van der Waals surface area (Å²) in [5.41, 5.74) is 4.36. The summed E-state index contributed by atoms with van der Waals surface area (Å²) in [6.45, 7) is 8.12. The van der Waals surface area contributed by atoms with E-state index in [1.54, 1.807) is 12.4 Å². The number of aryl methyl sites for hydroxylation is 2. The van der Waals surface area contributed by atoms with E-state index >= 15 is 0 Å². The van der Waals surface area contributed by atoms with Gasteiger partial charge in [-0.3, -0.25) is 14.3 Å². The molecule has 0 spiro atoms. The Morgan fingerprint density at radius 3 is 2.59 bits per heavy atom. The van der Waals surface area contributed by atoms with Crippen LogP contribution in [-0.4, -0.2) is 20.6 Å². The quantitative estimate of drug-likeness (QED) is 0.453. The monoisotopic (exact) mass is 430 g/mol. The molecule has 1 aromatic carbocycles. The average molecular weight is 431 g/mol. The van der Waals surface area contributed by atoms with Crippen LogP contribution in [-0.2, 0) is 6.61 Å². The lowest BCUT2D eigenvalue weighted by Gasteiger charge is -2.15. The fraction of sp³-hybridized carbons (Fsp3) is 0.240. The molecule has 7 nitrogen and oxygen atoms in total. The molecule has 0 aliphatic heterocycles. The number of hydrogen-bond acceptors (Lipinski definition) is 5. The van der Waals surface area contributed by atoms with Gasteiger partial charge in [-0.15, -0.1) is 0 Å². The number of benzene rings is 1. The van der Waals surface area contributed by atoms with Crippen molar-refractivity contribution >= 4 is 5.91 Å². The predicted molar refractivity (Wildman–Crippen MR) is 121 cm³/mol. The third-order valence-electron chi connectivity index (χ3n) is 5.38. The predicted octanol–water partition coefficient (Wildman–Crippen LogP) is 4.86. The molecular formula is C25H26N4O3. The van der Waals surface area contributed by atoms with E-state index in [4.69, 9.17) is 9.26 Å². The number of hydrogen-bond donors (Lipinski definition) is 1. The fourth-order valence-electron chi connectivity index (χ4n) is 3.66. The highest BCUT2D eigenvalue weighted by atomic mass is 16.5. The van der Waals surface area contributed by atoms with Gasteiger partial charge in [0.25, 0.3) is 5.91 Å². The third-order valence-corrected chi connectivity index (χ3v) is 5.38. The van der Waals surface area contributed by atoms with Gasteiger partial charge in [-0.1, -0.05) is 23.4 Å². The first-order chi connectivity index (χ1) is 15.4. The van der Waals surface area contributed by atoms with Crippen molar-refractivity contribution in [3.8, 4) is 11.6 Å². The zero-order chi connectivity index (χ0) is 22.7. The minimum atomic E-state index is -0.160. The highest BCUT2D eigenvalue weighted by molar-refractivity contribution is 5.96. The van der Waals surface area contributed by atoms with E-state index in [1.807, 2.05) is 80.8 Å². The summed E-state index contributed by atoms with van der Waals surface area (Å²) in [5, 5.41) is 7.16. The van der Waals surface area contributed by atoms with E-state index in [1.165, 1.54) is 0 Å². The van der Waals surface area contributed by atoms with Crippen LogP contribution in [0.2, 0.25) is 0 Å². The Labute approximate surface area is 187 Å². The number of carbonyl (C=O) groups is 1. The molecule has 4 aromatic rings. The maximum Gasteiger partial charge on any atom is 0.253 e. The van der Waals surface area contributed by atoms with Crippen molar-refractivity contribution in [3.05, 3.63) is 94.8 Å². The molecule has 164 valence electrons. The van der Waals surface area contributed by atoms with Crippen molar-refractivity contribution in [1.29, 1.82) is 0 Å². The molecule has 0 aliphatic carbocycles. The molecule has 0 fully saturated rings. The average Bonchev–Trinajstić information content (AvgIpc) is 3.35. The van der Waals surface area contributed by atoms with E-state index < -0.39 is 0 Å². The molecule has 1 atom stereocenters. The van der Waals surface area contributed by atoms with Crippen molar-refractivity contribution in [1.82, 2.24) is 20.0 Å². The topological polar surface area (TPSA) is 82.2 Å². The van der Waals surface area contributed by atoms with E-state index in [0.29, 0.717) is 18.0 Å². The van der Waals surface area contributed by atoms with Gasteiger partial charge in [0, 0.05) is 35.4 Å². The molecule has 0 aliphatic rings. The Hall–Kier alpha value is -3.87. The Kier molecular flexibility index (Phi) is 6.07. The zero-order valence-corrected chi connectivity index (χ0v) is 18.6. The molecule has 1 N–H and O–H groups in total. The summed E-state index contributed by atoms with van der Waals surface area (Å²) in [6.07, 6.45) is 3.52. The van der Waals surface area contributed by atoms with Gasteiger partial charge in [0.15, 0.2) is 5.82 Å². The Morgan fingerprint density at radius 2 is 1.94 bits per heavy atom. The number of aromatic nitrogens is 3. The number of ether oxygens (including phenoxy) is 1. The number of nitrogens with one attached hydrogen (secondary N) is 1. The summed E-state index contributed by atoms with van der Waals surface area (Å²) >= 11 is 0. The van der Waals surface area contributed by atoms with Crippen LogP contribution < -0.4 is 10.1 Å². The summed E-state index contributed by atoms with van der Waals surface area (Å²) in [6, 6.07) is 15.2. The molecule has 0 bridgehead atoms. The van der Waals surface area contributed by atoms with E-state index in [0.717, 1.165) is 34.0 Å². The number of rotatable bonds is 7. The maximum absolute atomic E-state index is 13.0. The number of pyridine rings is 1. The van der Waals surface area contributed by atoms with Crippen LogP contribution in [0.5, 0.6) is 5.75 Å². The Morgan fingerprint density at radius 1 is 1.16 bits per heavy atom. The lowest BCUT2D eigenvalue weighted by molar-refractivity contribution is 0.0939. The molecule has 32 heavy (non-hydrogen) atoms.